The molecule has 3 aromatic rings. The van der Waals surface area contributed by atoms with Crippen LogP contribution < -0.4 is 20.1 Å². The van der Waals surface area contributed by atoms with Gasteiger partial charge < -0.3 is 29.2 Å². The molecule has 0 bridgehead atoms. The maximum absolute atomic E-state index is 13.0. The maximum Gasteiger partial charge on any atom is 0.417 e. The second-order valence-corrected chi connectivity index (χ2v) is 10.00. The quantitative estimate of drug-likeness (QED) is 0.224. The van der Waals surface area contributed by atoms with Gasteiger partial charge in [0.1, 0.15) is 17.2 Å². The molecule has 13 heteroatoms. The average Bonchev–Trinajstić information content (AvgIpc) is 2.85. The minimum Gasteiger partial charge on any atom is -0.481 e. The van der Waals surface area contributed by atoms with E-state index in [1.54, 1.807) is 62.4 Å². The largest absolute Gasteiger partial charge is 0.481 e. The van der Waals surface area contributed by atoms with Gasteiger partial charge in [0.05, 0.1) is 23.8 Å². The van der Waals surface area contributed by atoms with Crippen molar-refractivity contribution >= 4 is 36.6 Å². The van der Waals surface area contributed by atoms with Crippen LogP contribution in [0.4, 0.5) is 29.3 Å². The molecule has 0 saturated carbocycles. The highest BCUT2D eigenvalue weighted by Gasteiger charge is 2.33. The van der Waals surface area contributed by atoms with Crippen molar-refractivity contribution in [2.75, 3.05) is 30.2 Å². The maximum atomic E-state index is 13.0. The van der Waals surface area contributed by atoms with Gasteiger partial charge in [0, 0.05) is 17.4 Å². The topological polar surface area (TPSA) is 95.1 Å². The molecular formula is C25H25ClF3N2O6P. The fraction of sp³-hybridized carbons (Fsp3) is 0.240. The number of amides is 2. The number of ether oxygens (including phenoxy) is 2. The second kappa shape index (κ2) is 13.0. The van der Waals surface area contributed by atoms with E-state index < -0.39 is 30.4 Å². The first-order valence-corrected chi connectivity index (χ1v) is 13.5. The van der Waals surface area contributed by atoms with Gasteiger partial charge in [-0.3, -0.25) is 4.57 Å². The lowest BCUT2D eigenvalue weighted by molar-refractivity contribution is -0.137. The monoisotopic (exact) mass is 572 g/mol. The van der Waals surface area contributed by atoms with Crippen molar-refractivity contribution in [3.05, 3.63) is 77.3 Å². The van der Waals surface area contributed by atoms with Gasteiger partial charge in [0.25, 0.3) is 0 Å². The molecule has 0 fully saturated rings. The molecular weight excluding hydrogens is 548 g/mol. The molecule has 0 aliphatic rings. The minimum absolute atomic E-state index is 0.0693. The van der Waals surface area contributed by atoms with Crippen LogP contribution in [0, 0.1) is 0 Å². The van der Waals surface area contributed by atoms with E-state index in [-0.39, 0.29) is 25.2 Å². The number of rotatable bonds is 11. The van der Waals surface area contributed by atoms with Gasteiger partial charge in [-0.2, -0.15) is 13.2 Å². The first kappa shape index (κ1) is 29.3. The Labute approximate surface area is 222 Å². The number of benzene rings is 3. The number of carbonyl (C=O) groups excluding carboxylic acids is 1. The Hall–Kier alpha value is -3.24. The molecule has 0 unspecified atom stereocenters. The number of hydrogen-bond donors (Lipinski definition) is 2. The number of halogens is 4. The van der Waals surface area contributed by atoms with Crippen LogP contribution >= 0.6 is 19.2 Å². The van der Waals surface area contributed by atoms with E-state index >= 15 is 0 Å². The molecule has 0 aromatic heterocycles. The van der Waals surface area contributed by atoms with Gasteiger partial charge in [-0.25, -0.2) is 4.79 Å². The Morgan fingerprint density at radius 1 is 0.868 bits per heavy atom. The van der Waals surface area contributed by atoms with Crippen LogP contribution in [0.1, 0.15) is 19.4 Å². The fourth-order valence-corrected chi connectivity index (χ4v) is 4.68. The number of hydrogen-bond acceptors (Lipinski definition) is 6. The zero-order chi connectivity index (χ0) is 27.8. The van der Waals surface area contributed by atoms with Crippen molar-refractivity contribution in [3.63, 3.8) is 0 Å². The van der Waals surface area contributed by atoms with E-state index in [1.807, 2.05) is 0 Å². The lowest BCUT2D eigenvalue weighted by Crippen LogP contribution is -2.19. The van der Waals surface area contributed by atoms with Crippen molar-refractivity contribution in [1.82, 2.24) is 0 Å². The summed E-state index contributed by atoms with van der Waals surface area (Å²) in [6.07, 6.45) is -4.91. The summed E-state index contributed by atoms with van der Waals surface area (Å²) in [5.41, 5.74) is -0.745. The summed E-state index contributed by atoms with van der Waals surface area (Å²) >= 11 is 5.60. The zero-order valence-electron chi connectivity index (χ0n) is 20.4. The summed E-state index contributed by atoms with van der Waals surface area (Å²) in [4.78, 5) is 12.2. The van der Waals surface area contributed by atoms with E-state index in [0.29, 0.717) is 22.9 Å². The average molecular weight is 573 g/mol. The van der Waals surface area contributed by atoms with Crippen LogP contribution in [0.15, 0.2) is 66.7 Å². The SMILES string of the molecule is CCOP(=O)(COc1cccc(Oc2ccc(NC(=O)Nc3ccc(Cl)c(C(F)(F)F)c3)cc2)c1)OCC. The van der Waals surface area contributed by atoms with Gasteiger partial charge in [0.15, 0.2) is 6.35 Å². The number of nitrogens with one attached hydrogen (secondary N) is 2. The third-order valence-electron chi connectivity index (χ3n) is 4.72. The van der Waals surface area contributed by atoms with Gasteiger partial charge in [0.2, 0.25) is 0 Å². The molecule has 0 radical (unpaired) electrons. The molecule has 8 nitrogen and oxygen atoms in total. The Kier molecular flexibility index (Phi) is 10.0. The minimum atomic E-state index is -4.65. The van der Waals surface area contributed by atoms with E-state index in [4.69, 9.17) is 30.1 Å². The number of urea groups is 1. The number of alkyl halides is 3. The van der Waals surface area contributed by atoms with Gasteiger partial charge in [-0.1, -0.05) is 17.7 Å². The van der Waals surface area contributed by atoms with Crippen LogP contribution in [-0.4, -0.2) is 25.6 Å². The Morgan fingerprint density at radius 2 is 1.47 bits per heavy atom. The second-order valence-electron chi connectivity index (χ2n) is 7.59. The first-order chi connectivity index (χ1) is 18.0. The van der Waals surface area contributed by atoms with E-state index in [9.17, 15) is 22.5 Å². The van der Waals surface area contributed by atoms with Crippen molar-refractivity contribution in [2.45, 2.75) is 20.0 Å². The Balaban J connectivity index is 1.58. The first-order valence-electron chi connectivity index (χ1n) is 11.3. The van der Waals surface area contributed by atoms with Crippen LogP contribution in [0.2, 0.25) is 5.02 Å². The normalized spacial score (nSPS) is 11.6. The van der Waals surface area contributed by atoms with E-state index in [0.717, 1.165) is 12.1 Å². The predicted molar refractivity (Wildman–Crippen MR) is 138 cm³/mol. The molecule has 3 rings (SSSR count). The van der Waals surface area contributed by atoms with Crippen LogP contribution in [-0.2, 0) is 19.8 Å². The Morgan fingerprint density at radius 3 is 2.11 bits per heavy atom. The highest BCUT2D eigenvalue weighted by Crippen LogP contribution is 2.48. The summed E-state index contributed by atoms with van der Waals surface area (Å²) < 4.78 is 73.4. The summed E-state index contributed by atoms with van der Waals surface area (Å²) in [5, 5.41) is 4.40. The molecule has 0 atom stereocenters. The summed E-state index contributed by atoms with van der Waals surface area (Å²) in [6.45, 7) is 3.85. The van der Waals surface area contributed by atoms with Gasteiger partial charge in [-0.15, -0.1) is 0 Å². The molecule has 0 saturated heterocycles. The van der Waals surface area contributed by atoms with E-state index in [1.165, 1.54) is 6.07 Å². The molecule has 0 heterocycles. The highest BCUT2D eigenvalue weighted by atomic mass is 35.5. The van der Waals surface area contributed by atoms with Crippen LogP contribution in [0.3, 0.4) is 0 Å². The van der Waals surface area contributed by atoms with Crippen LogP contribution in [0.25, 0.3) is 0 Å². The van der Waals surface area contributed by atoms with Crippen molar-refractivity contribution < 1.29 is 41.1 Å². The smallest absolute Gasteiger partial charge is 0.417 e. The van der Waals surface area contributed by atoms with E-state index in [2.05, 4.69) is 10.6 Å². The van der Waals surface area contributed by atoms with Gasteiger partial charge in [-0.05, 0) is 68.4 Å². The third kappa shape index (κ3) is 8.66. The zero-order valence-corrected chi connectivity index (χ0v) is 22.0. The molecule has 0 aliphatic heterocycles. The lowest BCUT2D eigenvalue weighted by atomic mass is 10.2. The van der Waals surface area contributed by atoms with Gasteiger partial charge >= 0.3 is 19.8 Å². The lowest BCUT2D eigenvalue weighted by Gasteiger charge is -2.17. The molecule has 204 valence electrons. The highest BCUT2D eigenvalue weighted by molar-refractivity contribution is 7.53. The molecule has 2 amide bonds. The summed E-state index contributed by atoms with van der Waals surface area (Å²) in [5.74, 6) is 1.27. The van der Waals surface area contributed by atoms with Crippen molar-refractivity contribution in [1.29, 1.82) is 0 Å². The third-order valence-corrected chi connectivity index (χ3v) is 6.80. The predicted octanol–water partition coefficient (Wildman–Crippen LogP) is 8.40. The molecule has 0 aliphatic carbocycles. The molecule has 38 heavy (non-hydrogen) atoms. The summed E-state index contributed by atoms with van der Waals surface area (Å²) in [7, 11) is -3.38. The number of carbonyl (C=O) groups is 1. The van der Waals surface area contributed by atoms with Crippen molar-refractivity contribution in [2.24, 2.45) is 0 Å². The van der Waals surface area contributed by atoms with Crippen molar-refractivity contribution in [3.8, 4) is 17.2 Å². The fourth-order valence-electron chi connectivity index (χ4n) is 3.14. The van der Waals surface area contributed by atoms with Crippen LogP contribution in [0.5, 0.6) is 17.2 Å². The molecule has 3 aromatic carbocycles. The number of anilines is 2. The Bertz CT molecular complexity index is 1280. The molecule has 0 spiro atoms. The molecule has 2 N–H and O–H groups in total. The summed E-state index contributed by atoms with van der Waals surface area (Å²) in [6, 6.07) is 15.3. The standard InChI is InChI=1S/C25H25ClF3N2O6P/c1-3-35-38(33,36-4-2)16-34-20-6-5-7-21(15-20)37-19-11-8-17(9-12-19)30-24(32)31-18-10-13-23(26)22(14-18)25(27,28)29/h5-15H,3-4,16H2,1-2H3,(H2,30,31,32).